The standard InChI is InChI=1S/C43H33F2N2O.C13H9F3N.Ir/c1-25(2)34-21-29(27-11-6-5-7-12-27)22-35(26(3)4)41(34)47-39-16-9-8-15-38(39)46-43(47)33-14-10-13-32-31-19-17-28(23-40(31)48-42(32)33)36-24-30(44)18-20-37(36)45;1-9-2-7-12(17-8-9)10-3-5-11(6-4-10)13(14,15)16;/h5-13,15-26H,1-4H3;2-3,5-8H,1H3;/q2*-1;/i;1D3;. The van der Waals surface area contributed by atoms with Crippen LogP contribution in [0.1, 0.15) is 65.9 Å². The van der Waals surface area contributed by atoms with E-state index in [9.17, 15) is 22.0 Å². The van der Waals surface area contributed by atoms with E-state index in [1.165, 1.54) is 52.7 Å². The number of nitrogens with zero attached hydrogens (tertiary/aromatic N) is 3. The van der Waals surface area contributed by atoms with E-state index in [2.05, 4.69) is 91.8 Å². The van der Waals surface area contributed by atoms with Crippen molar-refractivity contribution in [3.63, 3.8) is 0 Å². The van der Waals surface area contributed by atoms with Crippen LogP contribution in [0.3, 0.4) is 0 Å². The van der Waals surface area contributed by atoms with Gasteiger partial charge in [0.1, 0.15) is 17.2 Å². The van der Waals surface area contributed by atoms with Crippen molar-refractivity contribution < 1.29 is 50.6 Å². The fourth-order valence-corrected chi connectivity index (χ4v) is 8.14. The Morgan fingerprint density at radius 3 is 2.12 bits per heavy atom. The van der Waals surface area contributed by atoms with Crippen LogP contribution in [0.5, 0.6) is 0 Å². The molecule has 0 spiro atoms. The molecule has 10 heteroatoms. The quantitative estimate of drug-likeness (QED) is 0.118. The molecule has 0 unspecified atom stereocenters. The van der Waals surface area contributed by atoms with Crippen molar-refractivity contribution in [1.29, 1.82) is 0 Å². The van der Waals surface area contributed by atoms with Crippen LogP contribution >= 0.6 is 0 Å². The number of furan rings is 1. The topological polar surface area (TPSA) is 43.9 Å². The largest absolute Gasteiger partial charge is 0.501 e. The number of hydrogen-bond acceptors (Lipinski definition) is 3. The molecule has 0 aliphatic heterocycles. The summed E-state index contributed by atoms with van der Waals surface area (Å²) in [7, 11) is 0. The van der Waals surface area contributed by atoms with Gasteiger partial charge < -0.3 is 14.0 Å². The van der Waals surface area contributed by atoms with Gasteiger partial charge >= 0.3 is 6.18 Å². The summed E-state index contributed by atoms with van der Waals surface area (Å²) in [5.41, 5.74) is 10.5. The molecular formula is C56H42F5IrN3O-2. The third-order valence-electron chi connectivity index (χ3n) is 11.4. The minimum atomic E-state index is -4.41. The molecular weight excluding hydrogens is 1020 g/mol. The zero-order chi connectivity index (χ0) is 48.1. The fourth-order valence-electron chi connectivity index (χ4n) is 8.14. The van der Waals surface area contributed by atoms with Gasteiger partial charge in [0.2, 0.25) is 0 Å². The Morgan fingerprint density at radius 1 is 0.712 bits per heavy atom. The number of para-hydroxylation sites is 2. The molecule has 0 atom stereocenters. The van der Waals surface area contributed by atoms with Gasteiger partial charge in [0.25, 0.3) is 0 Å². The maximum Gasteiger partial charge on any atom is 0.381 e. The van der Waals surface area contributed by atoms with Gasteiger partial charge in [0.05, 0.1) is 22.4 Å². The minimum Gasteiger partial charge on any atom is -0.501 e. The van der Waals surface area contributed by atoms with Crippen LogP contribution in [0.25, 0.3) is 83.6 Å². The Bertz CT molecular complexity index is 3370. The van der Waals surface area contributed by atoms with E-state index in [0.29, 0.717) is 28.0 Å². The summed E-state index contributed by atoms with van der Waals surface area (Å²) in [5, 5.41) is 1.78. The van der Waals surface area contributed by atoms with Crippen LogP contribution in [0.4, 0.5) is 22.0 Å². The number of benzene rings is 7. The van der Waals surface area contributed by atoms with E-state index in [0.717, 1.165) is 63.1 Å². The van der Waals surface area contributed by atoms with Gasteiger partial charge in [-0.1, -0.05) is 105 Å². The molecule has 10 aromatic rings. The maximum atomic E-state index is 14.7. The summed E-state index contributed by atoms with van der Waals surface area (Å²) >= 11 is 0. The number of alkyl halides is 3. The number of aromatic nitrogens is 3. The Hall–Kier alpha value is -6.74. The van der Waals surface area contributed by atoms with Gasteiger partial charge in [-0.25, -0.2) is 8.78 Å². The molecule has 1 radical (unpaired) electrons. The molecule has 7 aromatic carbocycles. The predicted octanol–water partition coefficient (Wildman–Crippen LogP) is 16.1. The van der Waals surface area contributed by atoms with E-state index < -0.39 is 30.2 Å². The molecule has 66 heavy (non-hydrogen) atoms. The number of rotatable bonds is 7. The molecule has 0 saturated heterocycles. The first-order chi connectivity index (χ1) is 32.5. The monoisotopic (exact) mass is 1060 g/mol. The van der Waals surface area contributed by atoms with Crippen molar-refractivity contribution in [2.75, 3.05) is 0 Å². The zero-order valence-corrected chi connectivity index (χ0v) is 38.5. The van der Waals surface area contributed by atoms with Crippen LogP contribution in [0, 0.1) is 30.6 Å². The first-order valence-electron chi connectivity index (χ1n) is 22.6. The van der Waals surface area contributed by atoms with Gasteiger partial charge in [0, 0.05) is 47.1 Å². The van der Waals surface area contributed by atoms with Gasteiger partial charge in [-0.3, -0.25) is 4.98 Å². The summed E-state index contributed by atoms with van der Waals surface area (Å²) in [6.07, 6.45) is -3.22. The first-order valence-corrected chi connectivity index (χ1v) is 21.1. The molecule has 4 nitrogen and oxygen atoms in total. The van der Waals surface area contributed by atoms with Crippen LogP contribution in [-0.4, -0.2) is 14.5 Å². The summed E-state index contributed by atoms with van der Waals surface area (Å²) in [5.74, 6) is 0.194. The molecule has 3 heterocycles. The Morgan fingerprint density at radius 2 is 1.45 bits per heavy atom. The molecule has 0 aliphatic carbocycles. The number of hydrogen-bond donors (Lipinski definition) is 0. The van der Waals surface area contributed by atoms with Gasteiger partial charge in [0.15, 0.2) is 0 Å². The van der Waals surface area contributed by atoms with Crippen molar-refractivity contribution in [1.82, 2.24) is 14.5 Å². The van der Waals surface area contributed by atoms with Crippen LogP contribution in [-0.2, 0) is 26.3 Å². The number of halogens is 5. The summed E-state index contributed by atoms with van der Waals surface area (Å²) < 4.78 is 96.5. The minimum absolute atomic E-state index is 0. The van der Waals surface area contributed by atoms with Crippen molar-refractivity contribution >= 4 is 33.0 Å². The molecule has 0 saturated carbocycles. The number of pyridine rings is 1. The SMILES string of the molecule is CC(C)c1cc(-c2ccccc2)cc(C(C)C)c1-n1c(-c2[c-]ccc3c2oc2cc(-c4cc(F)ccc4F)ccc23)nc2ccccc21.[2H]C([2H])([2H])c1ccc(-c2[c-]cc(C(F)(F)F)cc2)nc1.[Ir]. The summed E-state index contributed by atoms with van der Waals surface area (Å²) in [6.45, 7) is 6.70. The Kier molecular flexibility index (Phi) is 11.8. The average molecular weight is 1060 g/mol. The zero-order valence-electron chi connectivity index (χ0n) is 39.1. The average Bonchev–Trinajstić information content (AvgIpc) is 3.90. The van der Waals surface area contributed by atoms with Crippen LogP contribution in [0.2, 0.25) is 0 Å². The van der Waals surface area contributed by atoms with Crippen molar-refractivity contribution in [3.8, 4) is 50.6 Å². The third kappa shape index (κ3) is 8.96. The molecule has 0 bridgehead atoms. The number of fused-ring (bicyclic) bond motifs is 4. The Labute approximate surface area is 397 Å². The smallest absolute Gasteiger partial charge is 0.381 e. The maximum absolute atomic E-state index is 14.7. The molecule has 0 fully saturated rings. The van der Waals surface area contributed by atoms with Gasteiger partial charge in [-0.2, -0.15) is 13.2 Å². The Balaban J connectivity index is 0.000000257. The molecule has 333 valence electrons. The van der Waals surface area contributed by atoms with Gasteiger partial charge in [-0.05, 0) is 112 Å². The normalized spacial score (nSPS) is 12.5. The van der Waals surface area contributed by atoms with Crippen molar-refractivity contribution in [2.24, 2.45) is 0 Å². The summed E-state index contributed by atoms with van der Waals surface area (Å²) in [4.78, 5) is 9.16. The van der Waals surface area contributed by atoms with Crippen LogP contribution < -0.4 is 0 Å². The van der Waals surface area contributed by atoms with Crippen LogP contribution in [0.15, 0.2) is 156 Å². The van der Waals surface area contributed by atoms with E-state index in [1.807, 2.05) is 42.5 Å². The predicted molar refractivity (Wildman–Crippen MR) is 250 cm³/mol. The van der Waals surface area contributed by atoms with E-state index in [-0.39, 0.29) is 43.1 Å². The fraction of sp³-hybridized carbons (Fsp3) is 0.143. The molecule has 10 rings (SSSR count). The van der Waals surface area contributed by atoms with E-state index in [4.69, 9.17) is 13.5 Å². The van der Waals surface area contributed by atoms with Gasteiger partial charge in [-0.15, -0.1) is 48.0 Å². The molecule has 0 aliphatic rings. The van der Waals surface area contributed by atoms with Crippen molar-refractivity contribution in [2.45, 2.75) is 52.6 Å². The molecule has 0 amide bonds. The molecule has 3 aromatic heterocycles. The summed E-state index contributed by atoms with van der Waals surface area (Å²) in [6, 6.07) is 48.0. The number of aryl methyl sites for hydroxylation is 1. The first kappa shape index (κ1) is 41.9. The molecule has 0 N–H and O–H groups in total. The van der Waals surface area contributed by atoms with E-state index >= 15 is 0 Å². The van der Waals surface area contributed by atoms with Crippen molar-refractivity contribution in [3.05, 3.63) is 198 Å². The second-order valence-corrected chi connectivity index (χ2v) is 16.4. The number of imidazole rings is 1. The second-order valence-electron chi connectivity index (χ2n) is 16.4. The third-order valence-corrected chi connectivity index (χ3v) is 11.4. The second kappa shape index (κ2) is 18.6. The van der Waals surface area contributed by atoms with E-state index in [1.54, 1.807) is 12.1 Å².